The number of likely N-dealkylation sites (tertiary alicyclic amines) is 1. The van der Waals surface area contributed by atoms with Gasteiger partial charge >= 0.3 is 0 Å². The molecule has 2 nitrogen and oxygen atoms in total. The Hall–Kier alpha value is -0.500. The van der Waals surface area contributed by atoms with E-state index in [-0.39, 0.29) is 0 Å². The van der Waals surface area contributed by atoms with Gasteiger partial charge in [-0.05, 0) is 33.2 Å². The van der Waals surface area contributed by atoms with Crippen LogP contribution in [-0.4, -0.2) is 23.5 Å². The van der Waals surface area contributed by atoms with Gasteiger partial charge in [0.25, 0.3) is 0 Å². The molecule has 1 heterocycles. The normalized spacial score (nSPS) is 22.7. The Morgan fingerprint density at radius 2 is 2.00 bits per heavy atom. The number of hydrogen-bond acceptors (Lipinski definition) is 2. The molecular formula is C11H24N2. The van der Waals surface area contributed by atoms with Gasteiger partial charge in [-0.15, -0.1) is 0 Å². The van der Waals surface area contributed by atoms with Gasteiger partial charge in [0.15, 0.2) is 0 Å². The van der Waals surface area contributed by atoms with E-state index in [1.807, 2.05) is 13.8 Å². The van der Waals surface area contributed by atoms with Crippen molar-refractivity contribution in [1.29, 1.82) is 0 Å². The lowest BCUT2D eigenvalue weighted by Gasteiger charge is -2.27. The highest BCUT2D eigenvalue weighted by atomic mass is 15.2. The molecule has 0 aliphatic carbocycles. The van der Waals surface area contributed by atoms with E-state index in [0.29, 0.717) is 12.1 Å². The van der Waals surface area contributed by atoms with Crippen LogP contribution >= 0.6 is 0 Å². The second-order valence-corrected chi connectivity index (χ2v) is 3.56. The molecule has 1 rings (SSSR count). The fourth-order valence-electron chi connectivity index (χ4n) is 1.81. The highest BCUT2D eigenvalue weighted by Crippen LogP contribution is 2.22. The molecule has 0 spiro atoms. The molecule has 1 aliphatic rings. The third-order valence-corrected chi connectivity index (χ3v) is 2.39. The summed E-state index contributed by atoms with van der Waals surface area (Å²) >= 11 is 0. The van der Waals surface area contributed by atoms with Crippen LogP contribution in [0.15, 0.2) is 12.3 Å². The molecule has 2 N–H and O–H groups in total. The maximum Gasteiger partial charge on any atom is 0.0490 e. The Bertz CT molecular complexity index is 152. The Morgan fingerprint density at radius 1 is 1.46 bits per heavy atom. The molecule has 0 aromatic heterocycles. The maximum atomic E-state index is 5.69. The predicted molar refractivity (Wildman–Crippen MR) is 59.5 cm³/mol. The van der Waals surface area contributed by atoms with Crippen molar-refractivity contribution in [2.75, 3.05) is 6.54 Å². The van der Waals surface area contributed by atoms with Crippen molar-refractivity contribution in [1.82, 2.24) is 4.90 Å². The van der Waals surface area contributed by atoms with Crippen molar-refractivity contribution in [2.24, 2.45) is 5.73 Å². The molecule has 1 aliphatic heterocycles. The molecule has 0 bridgehead atoms. The van der Waals surface area contributed by atoms with E-state index >= 15 is 0 Å². The summed E-state index contributed by atoms with van der Waals surface area (Å²) in [6, 6.07) is 1.04. The second kappa shape index (κ2) is 6.03. The minimum Gasteiger partial charge on any atom is -0.401 e. The molecule has 2 heteroatoms. The van der Waals surface area contributed by atoms with E-state index in [2.05, 4.69) is 25.3 Å². The Kier molecular flexibility index (Phi) is 5.80. The lowest BCUT2D eigenvalue weighted by Crippen LogP contribution is -2.38. The molecule has 0 saturated carbocycles. The smallest absolute Gasteiger partial charge is 0.0490 e. The van der Waals surface area contributed by atoms with Gasteiger partial charge in [-0.3, -0.25) is 4.90 Å². The van der Waals surface area contributed by atoms with E-state index < -0.39 is 0 Å². The number of rotatable bonds is 2. The van der Waals surface area contributed by atoms with Crippen LogP contribution in [0.2, 0.25) is 0 Å². The van der Waals surface area contributed by atoms with Crippen molar-refractivity contribution in [3.8, 4) is 0 Å². The maximum absolute atomic E-state index is 5.69. The summed E-state index contributed by atoms with van der Waals surface area (Å²) in [5.41, 5.74) is 6.52. The minimum atomic E-state index is 0.440. The van der Waals surface area contributed by atoms with Gasteiger partial charge < -0.3 is 5.73 Å². The lowest BCUT2D eigenvalue weighted by molar-refractivity contribution is 0.225. The number of nitrogens with two attached hydrogens (primary N) is 1. The summed E-state index contributed by atoms with van der Waals surface area (Å²) < 4.78 is 0. The van der Waals surface area contributed by atoms with Crippen LogP contribution < -0.4 is 5.73 Å². The molecule has 13 heavy (non-hydrogen) atoms. The second-order valence-electron chi connectivity index (χ2n) is 3.56. The van der Waals surface area contributed by atoms with Crippen LogP contribution in [0.3, 0.4) is 0 Å². The summed E-state index contributed by atoms with van der Waals surface area (Å²) in [6.45, 7) is 13.4. The quantitative estimate of drug-likeness (QED) is 0.714. The van der Waals surface area contributed by atoms with Crippen molar-refractivity contribution >= 4 is 0 Å². The molecule has 0 amide bonds. The van der Waals surface area contributed by atoms with Crippen molar-refractivity contribution in [2.45, 2.75) is 52.6 Å². The van der Waals surface area contributed by atoms with Gasteiger partial charge in [0.1, 0.15) is 0 Å². The third kappa shape index (κ3) is 3.39. The first-order chi connectivity index (χ1) is 6.13. The summed E-state index contributed by atoms with van der Waals surface area (Å²) in [7, 11) is 0. The zero-order valence-electron chi connectivity index (χ0n) is 9.51. The highest BCUT2D eigenvalue weighted by molar-refractivity contribution is 5.04. The monoisotopic (exact) mass is 184 g/mol. The summed E-state index contributed by atoms with van der Waals surface area (Å²) in [4.78, 5) is 2.42. The zero-order valence-corrected chi connectivity index (χ0v) is 9.51. The number of hydrogen-bond donors (Lipinski definition) is 1. The van der Waals surface area contributed by atoms with E-state index in [0.717, 1.165) is 5.70 Å². The first-order valence-electron chi connectivity index (χ1n) is 5.33. The fourth-order valence-corrected chi connectivity index (χ4v) is 1.81. The van der Waals surface area contributed by atoms with Crippen molar-refractivity contribution in [3.05, 3.63) is 12.3 Å². The van der Waals surface area contributed by atoms with Gasteiger partial charge in [0.2, 0.25) is 0 Å². The van der Waals surface area contributed by atoms with E-state index in [1.54, 1.807) is 0 Å². The van der Waals surface area contributed by atoms with Crippen LogP contribution in [0, 0.1) is 0 Å². The van der Waals surface area contributed by atoms with Gasteiger partial charge in [-0.1, -0.05) is 20.4 Å². The van der Waals surface area contributed by atoms with Gasteiger partial charge in [-0.25, -0.2) is 0 Å². The highest BCUT2D eigenvalue weighted by Gasteiger charge is 2.26. The topological polar surface area (TPSA) is 29.3 Å². The predicted octanol–water partition coefficient (Wildman–Crippen LogP) is 2.36. The summed E-state index contributed by atoms with van der Waals surface area (Å²) in [5, 5.41) is 0. The summed E-state index contributed by atoms with van der Waals surface area (Å²) in [6.07, 6.45) is 2.45. The first kappa shape index (κ1) is 12.5. The van der Waals surface area contributed by atoms with Crippen LogP contribution in [-0.2, 0) is 0 Å². The molecule has 1 fully saturated rings. The van der Waals surface area contributed by atoms with E-state index in [1.165, 1.54) is 19.4 Å². The zero-order chi connectivity index (χ0) is 10.4. The Morgan fingerprint density at radius 3 is 2.31 bits per heavy atom. The largest absolute Gasteiger partial charge is 0.401 e. The summed E-state index contributed by atoms with van der Waals surface area (Å²) in [5.74, 6) is 0. The third-order valence-electron chi connectivity index (χ3n) is 2.39. The molecule has 78 valence electrons. The average molecular weight is 184 g/mol. The fraction of sp³-hybridized carbons (Fsp3) is 0.818. The van der Waals surface area contributed by atoms with Crippen LogP contribution in [0.1, 0.15) is 40.5 Å². The molecule has 1 unspecified atom stereocenters. The van der Waals surface area contributed by atoms with Crippen LogP contribution in [0.25, 0.3) is 0 Å². The molecule has 1 atom stereocenters. The van der Waals surface area contributed by atoms with Gasteiger partial charge in [-0.2, -0.15) is 0 Å². The molecule has 0 radical (unpaired) electrons. The molecule has 0 aromatic rings. The van der Waals surface area contributed by atoms with E-state index in [9.17, 15) is 0 Å². The van der Waals surface area contributed by atoms with Crippen molar-refractivity contribution < 1.29 is 0 Å². The minimum absolute atomic E-state index is 0.440. The molecule has 1 saturated heterocycles. The lowest BCUT2D eigenvalue weighted by atomic mass is 10.1. The number of nitrogens with zero attached hydrogens (tertiary/aromatic N) is 1. The average Bonchev–Trinajstić information content (AvgIpc) is 2.55. The first-order valence-corrected chi connectivity index (χ1v) is 5.33. The molecule has 0 aromatic carbocycles. The van der Waals surface area contributed by atoms with Crippen molar-refractivity contribution in [3.63, 3.8) is 0 Å². The van der Waals surface area contributed by atoms with Crippen LogP contribution in [0.4, 0.5) is 0 Å². The van der Waals surface area contributed by atoms with Gasteiger partial charge in [0, 0.05) is 17.8 Å². The van der Waals surface area contributed by atoms with E-state index in [4.69, 9.17) is 5.73 Å². The Balaban J connectivity index is 0.000000671. The van der Waals surface area contributed by atoms with Crippen LogP contribution in [0.5, 0.6) is 0 Å². The SMILES string of the molecule is C=C(N)C1CCCN1C(C)C.CC. The molecular weight excluding hydrogens is 160 g/mol. The standard InChI is InChI=1S/C9H18N2.C2H6/c1-7(2)11-6-4-5-9(11)8(3)10;1-2/h7,9H,3-6,10H2,1-2H3;1-2H3. The Labute approximate surface area is 82.8 Å². The van der Waals surface area contributed by atoms with Gasteiger partial charge in [0.05, 0.1) is 0 Å².